The molecule has 1 aliphatic rings. The predicted molar refractivity (Wildman–Crippen MR) is 125 cm³/mol. The van der Waals surface area contributed by atoms with E-state index in [1.54, 1.807) is 0 Å². The Labute approximate surface area is 186 Å². The molecule has 1 saturated heterocycles. The highest BCUT2D eigenvalue weighted by Crippen LogP contribution is 2.27. The molecule has 4 rings (SSSR count). The summed E-state index contributed by atoms with van der Waals surface area (Å²) < 4.78 is 18.1. The van der Waals surface area contributed by atoms with Crippen molar-refractivity contribution < 1.29 is 13.7 Å². The van der Waals surface area contributed by atoms with Crippen LogP contribution >= 0.6 is 0 Å². The Bertz CT molecular complexity index is 978. The summed E-state index contributed by atoms with van der Waals surface area (Å²) in [5.74, 6) is 0.0114. The normalized spacial score (nSPS) is 15.5. The van der Waals surface area contributed by atoms with Gasteiger partial charge in [0.1, 0.15) is 0 Å². The van der Waals surface area contributed by atoms with E-state index in [0.29, 0.717) is 19.0 Å². The van der Waals surface area contributed by atoms with Crippen LogP contribution in [0.2, 0.25) is 0 Å². The minimum atomic E-state index is -0.939. The highest BCUT2D eigenvalue weighted by molar-refractivity contribution is 7.84. The maximum atomic E-state index is 13.3. The van der Waals surface area contributed by atoms with Crippen molar-refractivity contribution in [3.63, 3.8) is 0 Å². The second kappa shape index (κ2) is 10.5. The summed E-state index contributed by atoms with van der Waals surface area (Å²) in [6, 6.07) is 27.3. The lowest BCUT2D eigenvalue weighted by Crippen LogP contribution is -2.25. The molecule has 1 N–H and O–H groups in total. The van der Waals surface area contributed by atoms with Crippen LogP contribution in [0.1, 0.15) is 35.4 Å². The first-order valence-electron chi connectivity index (χ1n) is 10.7. The molecule has 1 fully saturated rings. The second-order valence-corrected chi connectivity index (χ2v) is 9.50. The smallest absolute Gasteiger partial charge is 0.236 e. The van der Waals surface area contributed by atoms with E-state index in [-0.39, 0.29) is 11.2 Å². The van der Waals surface area contributed by atoms with Crippen LogP contribution in [0.15, 0.2) is 84.9 Å². The van der Waals surface area contributed by atoms with E-state index in [2.05, 4.69) is 5.32 Å². The van der Waals surface area contributed by atoms with E-state index in [1.165, 1.54) is 0 Å². The van der Waals surface area contributed by atoms with Crippen molar-refractivity contribution in [2.45, 2.75) is 29.8 Å². The SMILES string of the molecule is O=C(Nc1cccc(CS(=O)C2CCOCC2)c1)C(c1ccccc1)c1ccccc1. The summed E-state index contributed by atoms with van der Waals surface area (Å²) in [4.78, 5) is 13.3. The fourth-order valence-electron chi connectivity index (χ4n) is 3.96. The number of amides is 1. The number of rotatable bonds is 7. The van der Waals surface area contributed by atoms with Gasteiger partial charge in [0.05, 0.1) is 5.92 Å². The van der Waals surface area contributed by atoms with E-state index in [4.69, 9.17) is 4.74 Å². The number of carbonyl (C=O) groups is 1. The molecule has 0 aromatic heterocycles. The van der Waals surface area contributed by atoms with Crippen LogP contribution in [-0.4, -0.2) is 28.6 Å². The van der Waals surface area contributed by atoms with Crippen LogP contribution in [0.3, 0.4) is 0 Å². The molecule has 1 aliphatic heterocycles. The highest BCUT2D eigenvalue weighted by atomic mass is 32.2. The van der Waals surface area contributed by atoms with Crippen molar-refractivity contribution >= 4 is 22.4 Å². The third-order valence-electron chi connectivity index (χ3n) is 5.57. The van der Waals surface area contributed by atoms with Crippen LogP contribution in [-0.2, 0) is 26.1 Å². The molecule has 4 nitrogen and oxygen atoms in total. The lowest BCUT2D eigenvalue weighted by molar-refractivity contribution is -0.116. The van der Waals surface area contributed by atoms with Gasteiger partial charge in [-0.25, -0.2) is 0 Å². The predicted octanol–water partition coefficient (Wildman–Crippen LogP) is 4.88. The van der Waals surface area contributed by atoms with Crippen molar-refractivity contribution in [3.05, 3.63) is 102 Å². The van der Waals surface area contributed by atoms with Crippen LogP contribution in [0.25, 0.3) is 0 Å². The Morgan fingerprint density at radius 3 is 2.13 bits per heavy atom. The molecule has 0 bridgehead atoms. The van der Waals surface area contributed by atoms with Gasteiger partial charge >= 0.3 is 0 Å². The zero-order valence-electron chi connectivity index (χ0n) is 17.4. The van der Waals surface area contributed by atoms with Crippen LogP contribution in [0, 0.1) is 0 Å². The summed E-state index contributed by atoms with van der Waals surface area (Å²) in [5.41, 5.74) is 3.59. The van der Waals surface area contributed by atoms with Crippen molar-refractivity contribution in [2.24, 2.45) is 0 Å². The van der Waals surface area contributed by atoms with Gasteiger partial charge in [-0.15, -0.1) is 0 Å². The van der Waals surface area contributed by atoms with Crippen molar-refractivity contribution in [1.82, 2.24) is 0 Å². The number of hydrogen-bond donors (Lipinski definition) is 1. The average molecular weight is 434 g/mol. The molecule has 5 heteroatoms. The third kappa shape index (κ3) is 5.69. The number of carbonyl (C=O) groups excluding carboxylic acids is 1. The topological polar surface area (TPSA) is 55.4 Å². The lowest BCUT2D eigenvalue weighted by Gasteiger charge is -2.21. The van der Waals surface area contributed by atoms with Crippen molar-refractivity contribution in [1.29, 1.82) is 0 Å². The zero-order valence-corrected chi connectivity index (χ0v) is 18.2. The summed E-state index contributed by atoms with van der Waals surface area (Å²) in [7, 11) is -0.939. The largest absolute Gasteiger partial charge is 0.381 e. The minimum absolute atomic E-state index is 0.0832. The number of nitrogens with one attached hydrogen (secondary N) is 1. The minimum Gasteiger partial charge on any atom is -0.381 e. The zero-order chi connectivity index (χ0) is 21.5. The third-order valence-corrected chi connectivity index (χ3v) is 7.40. The fraction of sp³-hybridized carbons (Fsp3) is 0.269. The molecule has 1 unspecified atom stereocenters. The second-order valence-electron chi connectivity index (χ2n) is 7.78. The van der Waals surface area contributed by atoms with Gasteiger partial charge < -0.3 is 10.1 Å². The van der Waals surface area contributed by atoms with Crippen LogP contribution < -0.4 is 5.32 Å². The van der Waals surface area contributed by atoms with Gasteiger partial charge in [-0.3, -0.25) is 9.00 Å². The average Bonchev–Trinajstić information content (AvgIpc) is 2.81. The molecule has 1 heterocycles. The Hall–Kier alpha value is -2.76. The van der Waals surface area contributed by atoms with E-state index < -0.39 is 16.7 Å². The van der Waals surface area contributed by atoms with Gasteiger partial charge in [-0.2, -0.15) is 0 Å². The molecule has 0 spiro atoms. The van der Waals surface area contributed by atoms with Crippen LogP contribution in [0.5, 0.6) is 0 Å². The van der Waals surface area contributed by atoms with Gasteiger partial charge in [-0.1, -0.05) is 72.8 Å². The molecule has 1 atom stereocenters. The first-order valence-corrected chi connectivity index (χ1v) is 12.0. The monoisotopic (exact) mass is 433 g/mol. The Kier molecular flexibility index (Phi) is 7.28. The maximum Gasteiger partial charge on any atom is 0.236 e. The molecule has 0 radical (unpaired) electrons. The first kappa shape index (κ1) is 21.5. The summed E-state index contributed by atoms with van der Waals surface area (Å²) in [5, 5.41) is 3.26. The molecule has 0 aliphatic carbocycles. The van der Waals surface area contributed by atoms with Gasteiger partial charge in [0.2, 0.25) is 5.91 Å². The van der Waals surface area contributed by atoms with Crippen molar-refractivity contribution in [2.75, 3.05) is 18.5 Å². The number of anilines is 1. The molecule has 1 amide bonds. The van der Waals surface area contributed by atoms with Gasteiger partial charge in [0, 0.05) is 40.7 Å². The summed E-state index contributed by atoms with van der Waals surface area (Å²) >= 11 is 0. The molecule has 0 saturated carbocycles. The quantitative estimate of drug-likeness (QED) is 0.577. The van der Waals surface area contributed by atoms with Crippen molar-refractivity contribution in [3.8, 4) is 0 Å². The van der Waals surface area contributed by atoms with E-state index in [0.717, 1.165) is 35.2 Å². The fourth-order valence-corrected chi connectivity index (χ4v) is 5.42. The number of benzene rings is 3. The molecule has 3 aromatic rings. The van der Waals surface area contributed by atoms with Gasteiger partial charge in [-0.05, 0) is 41.7 Å². The standard InChI is InChI=1S/C26H27NO3S/c28-26(25(21-9-3-1-4-10-21)22-11-5-2-6-12-22)27-23-13-7-8-20(18-23)19-31(29)24-14-16-30-17-15-24/h1-13,18,24-25H,14-17,19H2,(H,27,28). The summed E-state index contributed by atoms with van der Waals surface area (Å²) in [6.45, 7) is 1.37. The van der Waals surface area contributed by atoms with E-state index >= 15 is 0 Å². The molecular formula is C26H27NO3S. The first-order chi connectivity index (χ1) is 15.2. The number of hydrogen-bond acceptors (Lipinski definition) is 3. The van der Waals surface area contributed by atoms with Gasteiger partial charge in [0.15, 0.2) is 0 Å². The Balaban J connectivity index is 1.50. The Morgan fingerprint density at radius 2 is 1.52 bits per heavy atom. The van der Waals surface area contributed by atoms with Gasteiger partial charge in [0.25, 0.3) is 0 Å². The van der Waals surface area contributed by atoms with Crippen LogP contribution in [0.4, 0.5) is 5.69 Å². The molecule has 31 heavy (non-hydrogen) atoms. The lowest BCUT2D eigenvalue weighted by atomic mass is 9.90. The number of ether oxygens (including phenoxy) is 1. The van der Waals surface area contributed by atoms with E-state index in [9.17, 15) is 9.00 Å². The maximum absolute atomic E-state index is 13.3. The summed E-state index contributed by atoms with van der Waals surface area (Å²) in [6.07, 6.45) is 1.69. The van der Waals surface area contributed by atoms with E-state index in [1.807, 2.05) is 84.9 Å². The highest BCUT2D eigenvalue weighted by Gasteiger charge is 2.23. The molecule has 160 valence electrons. The Morgan fingerprint density at radius 1 is 0.903 bits per heavy atom. The molecule has 3 aromatic carbocycles. The molecular weight excluding hydrogens is 406 g/mol.